The molecule has 0 aliphatic rings. The maximum absolute atomic E-state index is 11.5. The number of hydrogen-bond donors (Lipinski definition) is 0. The second-order valence-electron chi connectivity index (χ2n) is 3.72. The molecule has 1 heterocycles. The third-order valence-corrected chi connectivity index (χ3v) is 2.01. The summed E-state index contributed by atoms with van der Waals surface area (Å²) in [6.45, 7) is 10.8. The van der Waals surface area contributed by atoms with Crippen LogP contribution in [0.25, 0.3) is 0 Å². The molecule has 15 heavy (non-hydrogen) atoms. The summed E-state index contributed by atoms with van der Waals surface area (Å²) in [4.78, 5) is 11.5. The minimum absolute atomic E-state index is 0.0963. The zero-order chi connectivity index (χ0) is 12.0. The second kappa shape index (κ2) is 6.67. The molecule has 1 aromatic rings. The maximum atomic E-state index is 11.5. The Morgan fingerprint density at radius 2 is 1.93 bits per heavy atom. The smallest absolute Gasteiger partial charge is 0.269 e. The summed E-state index contributed by atoms with van der Waals surface area (Å²) in [5.74, 6) is 0.454. The Morgan fingerprint density at radius 1 is 1.40 bits per heavy atom. The SMILES string of the molecule is CC.Cc1cc(Cl)c(=O)n(CC(C)C)c1. The van der Waals surface area contributed by atoms with E-state index in [0.717, 1.165) is 12.1 Å². The summed E-state index contributed by atoms with van der Waals surface area (Å²) in [6, 6.07) is 1.70. The molecule has 1 aromatic heterocycles. The second-order valence-corrected chi connectivity index (χ2v) is 4.12. The molecule has 0 bridgehead atoms. The van der Waals surface area contributed by atoms with Crippen LogP contribution in [0.3, 0.4) is 0 Å². The lowest BCUT2D eigenvalue weighted by Crippen LogP contribution is -2.22. The quantitative estimate of drug-likeness (QED) is 0.761. The van der Waals surface area contributed by atoms with E-state index in [1.54, 1.807) is 10.6 Å². The normalized spacial score (nSPS) is 9.80. The van der Waals surface area contributed by atoms with Crippen LogP contribution in [0.4, 0.5) is 0 Å². The van der Waals surface area contributed by atoms with Gasteiger partial charge in [0.25, 0.3) is 5.56 Å². The summed E-state index contributed by atoms with van der Waals surface area (Å²) in [5.41, 5.74) is 0.922. The molecule has 0 aliphatic carbocycles. The molecule has 0 amide bonds. The molecule has 0 aliphatic heterocycles. The van der Waals surface area contributed by atoms with E-state index < -0.39 is 0 Å². The van der Waals surface area contributed by atoms with Gasteiger partial charge in [-0.2, -0.15) is 0 Å². The molecule has 2 nitrogen and oxygen atoms in total. The van der Waals surface area contributed by atoms with Crippen molar-refractivity contribution in [3.05, 3.63) is 33.2 Å². The topological polar surface area (TPSA) is 22.0 Å². The summed E-state index contributed by atoms with van der Waals surface area (Å²) in [6.07, 6.45) is 1.84. The Kier molecular flexibility index (Phi) is 6.34. The van der Waals surface area contributed by atoms with E-state index in [4.69, 9.17) is 11.6 Å². The predicted octanol–water partition coefficient (Wildman–Crippen LogP) is 3.49. The van der Waals surface area contributed by atoms with Crippen molar-refractivity contribution in [1.29, 1.82) is 0 Å². The summed E-state index contributed by atoms with van der Waals surface area (Å²) in [5, 5.41) is 0.306. The highest BCUT2D eigenvalue weighted by Crippen LogP contribution is 2.06. The molecule has 0 atom stereocenters. The Bertz CT molecular complexity index is 355. The molecular formula is C12H20ClNO. The minimum atomic E-state index is -0.0963. The van der Waals surface area contributed by atoms with Gasteiger partial charge in [-0.05, 0) is 24.5 Å². The molecular weight excluding hydrogens is 210 g/mol. The number of nitrogens with zero attached hydrogens (tertiary/aromatic N) is 1. The Labute approximate surface area is 96.9 Å². The number of aromatic nitrogens is 1. The zero-order valence-corrected chi connectivity index (χ0v) is 10.9. The van der Waals surface area contributed by atoms with Crippen molar-refractivity contribution in [1.82, 2.24) is 4.57 Å². The Morgan fingerprint density at radius 3 is 2.40 bits per heavy atom. The molecule has 0 N–H and O–H groups in total. The highest BCUT2D eigenvalue weighted by Gasteiger charge is 2.03. The van der Waals surface area contributed by atoms with Gasteiger partial charge in [0.1, 0.15) is 5.02 Å². The van der Waals surface area contributed by atoms with Crippen LogP contribution in [0, 0.1) is 12.8 Å². The first kappa shape index (κ1) is 14.2. The summed E-state index contributed by atoms with van der Waals surface area (Å²) >= 11 is 5.77. The molecule has 1 rings (SSSR count). The van der Waals surface area contributed by atoms with Crippen molar-refractivity contribution in [2.75, 3.05) is 0 Å². The van der Waals surface area contributed by atoms with E-state index in [1.807, 2.05) is 27.0 Å². The molecule has 0 unspecified atom stereocenters. The van der Waals surface area contributed by atoms with Crippen LogP contribution in [-0.4, -0.2) is 4.57 Å². The minimum Gasteiger partial charge on any atom is -0.314 e. The monoisotopic (exact) mass is 229 g/mol. The number of rotatable bonds is 2. The van der Waals surface area contributed by atoms with E-state index in [-0.39, 0.29) is 5.56 Å². The zero-order valence-electron chi connectivity index (χ0n) is 10.2. The average molecular weight is 230 g/mol. The van der Waals surface area contributed by atoms with Crippen LogP contribution >= 0.6 is 11.6 Å². The molecule has 0 saturated heterocycles. The first-order valence-electron chi connectivity index (χ1n) is 5.37. The molecule has 0 saturated carbocycles. The van der Waals surface area contributed by atoms with Gasteiger partial charge in [-0.1, -0.05) is 39.3 Å². The van der Waals surface area contributed by atoms with Gasteiger partial charge in [-0.25, -0.2) is 0 Å². The highest BCUT2D eigenvalue weighted by atomic mass is 35.5. The predicted molar refractivity (Wildman–Crippen MR) is 66.6 cm³/mol. The third kappa shape index (κ3) is 4.52. The molecule has 86 valence electrons. The van der Waals surface area contributed by atoms with E-state index in [9.17, 15) is 4.79 Å². The summed E-state index contributed by atoms with van der Waals surface area (Å²) < 4.78 is 1.67. The summed E-state index contributed by atoms with van der Waals surface area (Å²) in [7, 11) is 0. The number of hydrogen-bond acceptors (Lipinski definition) is 1. The largest absolute Gasteiger partial charge is 0.314 e. The van der Waals surface area contributed by atoms with Gasteiger partial charge in [0.2, 0.25) is 0 Å². The molecule has 0 fully saturated rings. The number of aryl methyl sites for hydroxylation is 1. The highest BCUT2D eigenvalue weighted by molar-refractivity contribution is 6.30. The maximum Gasteiger partial charge on any atom is 0.269 e. The lowest BCUT2D eigenvalue weighted by atomic mass is 10.2. The lowest BCUT2D eigenvalue weighted by molar-refractivity contribution is 0.510. The first-order chi connectivity index (χ1) is 7.00. The van der Waals surface area contributed by atoms with E-state index >= 15 is 0 Å². The molecule has 3 heteroatoms. The standard InChI is InChI=1S/C10H14ClNO.C2H6/c1-7(2)5-12-6-8(3)4-9(11)10(12)13;1-2/h4,6-7H,5H2,1-3H3;1-2H3. The van der Waals surface area contributed by atoms with Crippen molar-refractivity contribution < 1.29 is 0 Å². The van der Waals surface area contributed by atoms with Gasteiger partial charge in [0.15, 0.2) is 0 Å². The van der Waals surface area contributed by atoms with Crippen LogP contribution in [0.5, 0.6) is 0 Å². The fourth-order valence-electron chi connectivity index (χ4n) is 1.27. The van der Waals surface area contributed by atoms with Gasteiger partial charge in [0.05, 0.1) is 0 Å². The van der Waals surface area contributed by atoms with Crippen molar-refractivity contribution in [3.8, 4) is 0 Å². The first-order valence-corrected chi connectivity index (χ1v) is 5.75. The lowest BCUT2D eigenvalue weighted by Gasteiger charge is -2.09. The molecule has 0 radical (unpaired) electrons. The number of pyridine rings is 1. The van der Waals surface area contributed by atoms with Crippen LogP contribution in [0.15, 0.2) is 17.1 Å². The Balaban J connectivity index is 0.000000921. The van der Waals surface area contributed by atoms with E-state index in [1.165, 1.54) is 0 Å². The van der Waals surface area contributed by atoms with Crippen molar-refractivity contribution in [3.63, 3.8) is 0 Å². The van der Waals surface area contributed by atoms with Gasteiger partial charge < -0.3 is 4.57 Å². The van der Waals surface area contributed by atoms with Gasteiger partial charge >= 0.3 is 0 Å². The van der Waals surface area contributed by atoms with Gasteiger partial charge in [-0.3, -0.25) is 4.79 Å². The van der Waals surface area contributed by atoms with Gasteiger partial charge in [0, 0.05) is 12.7 Å². The van der Waals surface area contributed by atoms with Crippen LogP contribution in [-0.2, 0) is 6.54 Å². The third-order valence-electron chi connectivity index (χ3n) is 1.74. The van der Waals surface area contributed by atoms with Crippen LogP contribution < -0.4 is 5.56 Å². The average Bonchev–Trinajstić information content (AvgIpc) is 2.16. The molecule has 0 aromatic carbocycles. The molecule has 0 spiro atoms. The fraction of sp³-hybridized carbons (Fsp3) is 0.583. The van der Waals surface area contributed by atoms with Crippen molar-refractivity contribution in [2.24, 2.45) is 5.92 Å². The van der Waals surface area contributed by atoms with E-state index in [0.29, 0.717) is 10.9 Å². The van der Waals surface area contributed by atoms with E-state index in [2.05, 4.69) is 13.8 Å². The van der Waals surface area contributed by atoms with Crippen molar-refractivity contribution >= 4 is 11.6 Å². The van der Waals surface area contributed by atoms with Crippen molar-refractivity contribution in [2.45, 2.75) is 41.2 Å². The van der Waals surface area contributed by atoms with Gasteiger partial charge in [-0.15, -0.1) is 0 Å². The van der Waals surface area contributed by atoms with Crippen LogP contribution in [0.2, 0.25) is 5.02 Å². The van der Waals surface area contributed by atoms with Crippen LogP contribution in [0.1, 0.15) is 33.3 Å². The fourth-order valence-corrected chi connectivity index (χ4v) is 1.55. The number of halogens is 1. The Hall–Kier alpha value is -0.760.